The Hall–Kier alpha value is -3.12. The van der Waals surface area contributed by atoms with Crippen LogP contribution in [0.2, 0.25) is 5.02 Å². The van der Waals surface area contributed by atoms with Crippen LogP contribution < -0.4 is 15.6 Å². The molecule has 0 aliphatic heterocycles. The summed E-state index contributed by atoms with van der Waals surface area (Å²) in [6.45, 7) is 0. The second-order valence-corrected chi connectivity index (χ2v) is 5.60. The average molecular weight is 356 g/mol. The third-order valence-electron chi connectivity index (χ3n) is 3.51. The van der Waals surface area contributed by atoms with Gasteiger partial charge in [0.25, 0.3) is 11.5 Å². The minimum absolute atomic E-state index is 0.0754. The van der Waals surface area contributed by atoms with Gasteiger partial charge in [-0.05, 0) is 48.5 Å². The third-order valence-corrected chi connectivity index (χ3v) is 3.76. The van der Waals surface area contributed by atoms with Crippen molar-refractivity contribution in [3.05, 3.63) is 75.7 Å². The fourth-order valence-electron chi connectivity index (χ4n) is 2.18. The number of carbonyl (C=O) groups excluding carboxylic acids is 1. The fourth-order valence-corrected chi connectivity index (χ4v) is 2.31. The number of aromatic nitrogens is 2. The molecular weight excluding hydrogens is 342 g/mol. The lowest BCUT2D eigenvalue weighted by molar-refractivity contribution is 0.102. The summed E-state index contributed by atoms with van der Waals surface area (Å²) in [7, 11) is 1.56. The first kappa shape index (κ1) is 16.7. The van der Waals surface area contributed by atoms with E-state index in [-0.39, 0.29) is 5.56 Å². The zero-order chi connectivity index (χ0) is 17.8. The van der Waals surface area contributed by atoms with E-state index in [4.69, 9.17) is 16.3 Å². The maximum atomic E-state index is 12.3. The van der Waals surface area contributed by atoms with E-state index in [1.807, 2.05) is 0 Å². The number of nitrogens with one attached hydrogen (secondary N) is 2. The first-order valence-electron chi connectivity index (χ1n) is 7.37. The quantitative estimate of drug-likeness (QED) is 0.751. The first-order valence-corrected chi connectivity index (χ1v) is 7.75. The molecule has 0 atom stereocenters. The Labute approximate surface area is 148 Å². The molecule has 1 heterocycles. The Morgan fingerprint density at radius 1 is 1.12 bits per heavy atom. The van der Waals surface area contributed by atoms with E-state index in [9.17, 15) is 9.59 Å². The van der Waals surface area contributed by atoms with E-state index in [0.29, 0.717) is 27.8 Å². The molecule has 2 aromatic carbocycles. The standard InChI is InChI=1S/C18H14ClN3O3/c1-25-14-8-6-13(7-9-14)21-17(23)15-10-20-16(22-18(15)24)11-2-4-12(19)5-3-11/h2-10H,1H3,(H,21,23)(H,20,22,24). The Kier molecular flexibility index (Phi) is 4.81. The van der Waals surface area contributed by atoms with Crippen molar-refractivity contribution in [1.82, 2.24) is 9.97 Å². The van der Waals surface area contributed by atoms with Crippen molar-refractivity contribution in [2.24, 2.45) is 0 Å². The molecule has 3 aromatic rings. The predicted octanol–water partition coefficient (Wildman–Crippen LogP) is 3.35. The highest BCUT2D eigenvalue weighted by atomic mass is 35.5. The number of nitrogens with zero attached hydrogens (tertiary/aromatic N) is 1. The summed E-state index contributed by atoms with van der Waals surface area (Å²) in [4.78, 5) is 31.2. The van der Waals surface area contributed by atoms with Crippen molar-refractivity contribution in [1.29, 1.82) is 0 Å². The SMILES string of the molecule is COc1ccc(NC(=O)c2cnc(-c3ccc(Cl)cc3)[nH]c2=O)cc1. The summed E-state index contributed by atoms with van der Waals surface area (Å²) in [6.07, 6.45) is 1.25. The van der Waals surface area contributed by atoms with Gasteiger partial charge in [0.2, 0.25) is 0 Å². The van der Waals surface area contributed by atoms with Crippen LogP contribution in [0.15, 0.2) is 59.5 Å². The highest BCUT2D eigenvalue weighted by Crippen LogP contribution is 2.18. The Balaban J connectivity index is 1.81. The van der Waals surface area contributed by atoms with Gasteiger partial charge < -0.3 is 15.0 Å². The fraction of sp³-hybridized carbons (Fsp3) is 0.0556. The molecule has 126 valence electrons. The lowest BCUT2D eigenvalue weighted by atomic mass is 10.2. The maximum absolute atomic E-state index is 12.3. The van der Waals surface area contributed by atoms with Crippen molar-refractivity contribution in [2.75, 3.05) is 12.4 Å². The van der Waals surface area contributed by atoms with Gasteiger partial charge in [-0.3, -0.25) is 9.59 Å². The number of aromatic amines is 1. The third kappa shape index (κ3) is 3.87. The van der Waals surface area contributed by atoms with Crippen molar-refractivity contribution in [3.63, 3.8) is 0 Å². The lowest BCUT2D eigenvalue weighted by Gasteiger charge is -2.06. The van der Waals surface area contributed by atoms with Gasteiger partial charge >= 0.3 is 0 Å². The van der Waals surface area contributed by atoms with E-state index >= 15 is 0 Å². The number of halogens is 1. The summed E-state index contributed by atoms with van der Waals surface area (Å²) < 4.78 is 5.05. The van der Waals surface area contributed by atoms with E-state index < -0.39 is 11.5 Å². The number of H-pyrrole nitrogens is 1. The molecule has 0 saturated heterocycles. The van der Waals surface area contributed by atoms with Crippen LogP contribution in [0.25, 0.3) is 11.4 Å². The molecule has 1 aromatic heterocycles. The first-order chi connectivity index (χ1) is 12.1. The summed E-state index contributed by atoms with van der Waals surface area (Å²) in [5.41, 5.74) is 0.648. The molecular formula is C18H14ClN3O3. The number of ether oxygens (including phenoxy) is 1. The molecule has 0 aliphatic carbocycles. The summed E-state index contributed by atoms with van der Waals surface area (Å²) in [6, 6.07) is 13.6. The number of methoxy groups -OCH3 is 1. The number of carbonyl (C=O) groups is 1. The van der Waals surface area contributed by atoms with Gasteiger partial charge in [0.05, 0.1) is 7.11 Å². The normalized spacial score (nSPS) is 10.3. The summed E-state index contributed by atoms with van der Waals surface area (Å²) >= 11 is 5.84. The molecule has 0 fully saturated rings. The van der Waals surface area contributed by atoms with E-state index in [1.165, 1.54) is 6.20 Å². The maximum Gasteiger partial charge on any atom is 0.264 e. The van der Waals surface area contributed by atoms with Crippen LogP contribution in [-0.2, 0) is 0 Å². The molecule has 1 amide bonds. The largest absolute Gasteiger partial charge is 0.497 e. The van der Waals surface area contributed by atoms with Gasteiger partial charge in [0.15, 0.2) is 0 Å². The molecule has 0 spiro atoms. The van der Waals surface area contributed by atoms with Gasteiger partial charge in [0.1, 0.15) is 17.1 Å². The number of amides is 1. The highest BCUT2D eigenvalue weighted by molar-refractivity contribution is 6.30. The van der Waals surface area contributed by atoms with Gasteiger partial charge in [-0.1, -0.05) is 11.6 Å². The van der Waals surface area contributed by atoms with Crippen LogP contribution in [0, 0.1) is 0 Å². The Bertz CT molecular complexity index is 951. The molecule has 2 N–H and O–H groups in total. The van der Waals surface area contributed by atoms with Crippen LogP contribution in [0.1, 0.15) is 10.4 Å². The zero-order valence-electron chi connectivity index (χ0n) is 13.2. The van der Waals surface area contributed by atoms with Crippen LogP contribution in [-0.4, -0.2) is 23.0 Å². The summed E-state index contributed by atoms with van der Waals surface area (Å²) in [5, 5.41) is 3.23. The number of hydrogen-bond acceptors (Lipinski definition) is 4. The van der Waals surface area contributed by atoms with Crippen LogP contribution >= 0.6 is 11.6 Å². The number of anilines is 1. The van der Waals surface area contributed by atoms with Gasteiger partial charge in [0, 0.05) is 22.5 Å². The van der Waals surface area contributed by atoms with Crippen molar-refractivity contribution < 1.29 is 9.53 Å². The molecule has 6 nitrogen and oxygen atoms in total. The van der Waals surface area contributed by atoms with E-state index in [2.05, 4.69) is 15.3 Å². The number of benzene rings is 2. The smallest absolute Gasteiger partial charge is 0.264 e. The molecule has 25 heavy (non-hydrogen) atoms. The van der Waals surface area contributed by atoms with Crippen molar-refractivity contribution in [2.45, 2.75) is 0 Å². The predicted molar refractivity (Wildman–Crippen MR) is 96.3 cm³/mol. The lowest BCUT2D eigenvalue weighted by Crippen LogP contribution is -2.24. The molecule has 3 rings (SSSR count). The topological polar surface area (TPSA) is 84.1 Å². The molecule has 0 saturated carbocycles. The van der Waals surface area contributed by atoms with Crippen molar-refractivity contribution >= 4 is 23.2 Å². The molecule has 7 heteroatoms. The van der Waals surface area contributed by atoms with Gasteiger partial charge in [-0.15, -0.1) is 0 Å². The van der Waals surface area contributed by atoms with Crippen LogP contribution in [0.5, 0.6) is 5.75 Å². The number of rotatable bonds is 4. The highest BCUT2D eigenvalue weighted by Gasteiger charge is 2.13. The van der Waals surface area contributed by atoms with Crippen molar-refractivity contribution in [3.8, 4) is 17.1 Å². The average Bonchev–Trinajstić information content (AvgIpc) is 2.62. The zero-order valence-corrected chi connectivity index (χ0v) is 14.0. The minimum Gasteiger partial charge on any atom is -0.497 e. The van der Waals surface area contributed by atoms with E-state index in [1.54, 1.807) is 55.6 Å². The molecule has 0 unspecified atom stereocenters. The molecule has 0 radical (unpaired) electrons. The Morgan fingerprint density at radius 2 is 1.80 bits per heavy atom. The minimum atomic E-state index is -0.540. The second-order valence-electron chi connectivity index (χ2n) is 5.16. The van der Waals surface area contributed by atoms with Crippen LogP contribution in [0.3, 0.4) is 0 Å². The van der Waals surface area contributed by atoms with Crippen LogP contribution in [0.4, 0.5) is 5.69 Å². The molecule has 0 aliphatic rings. The van der Waals surface area contributed by atoms with Gasteiger partial charge in [-0.2, -0.15) is 0 Å². The van der Waals surface area contributed by atoms with E-state index in [0.717, 1.165) is 0 Å². The molecule has 0 bridgehead atoms. The Morgan fingerprint density at radius 3 is 2.40 bits per heavy atom. The van der Waals surface area contributed by atoms with Gasteiger partial charge in [-0.25, -0.2) is 4.98 Å². The number of hydrogen-bond donors (Lipinski definition) is 2. The monoisotopic (exact) mass is 355 g/mol. The summed E-state index contributed by atoms with van der Waals surface area (Å²) in [5.74, 6) is 0.495. The second kappa shape index (κ2) is 7.19.